The summed E-state index contributed by atoms with van der Waals surface area (Å²) < 4.78 is 0. The Hall–Kier alpha value is -1.67. The number of primary amides is 2. The summed E-state index contributed by atoms with van der Waals surface area (Å²) in [6, 6.07) is 0. The largest absolute Gasteiger partial charge is 0.393 e. The fourth-order valence-electron chi connectivity index (χ4n) is 4.63. The third-order valence-electron chi connectivity index (χ3n) is 7.07. The maximum Gasteiger partial charge on any atom is 0.233 e. The molecule has 2 saturated carbocycles. The molecule has 0 spiro atoms. The molecule has 8 N–H and O–H groups in total. The molecule has 0 bridgehead atoms. The van der Waals surface area contributed by atoms with Gasteiger partial charge < -0.3 is 27.6 Å². The Labute approximate surface area is 214 Å². The summed E-state index contributed by atoms with van der Waals surface area (Å²) in [7, 11) is 0. The van der Waals surface area contributed by atoms with Crippen molar-refractivity contribution in [2.24, 2.45) is 52.2 Å². The number of hydrogen-bond acceptors (Lipinski definition) is 5. The quantitative estimate of drug-likeness (QED) is 0.259. The third kappa shape index (κ3) is 16.6. The maximum atomic E-state index is 11.7. The third-order valence-corrected chi connectivity index (χ3v) is 7.07. The summed E-state index contributed by atoms with van der Waals surface area (Å²) >= 11 is 0. The lowest BCUT2D eigenvalue weighted by molar-refractivity contribution is -0.120. The van der Waals surface area contributed by atoms with Gasteiger partial charge in [-0.25, -0.2) is 0 Å². The minimum Gasteiger partial charge on any atom is -0.393 e. The Morgan fingerprint density at radius 3 is 1.86 bits per heavy atom. The van der Waals surface area contributed by atoms with Crippen molar-refractivity contribution >= 4 is 18.7 Å². The van der Waals surface area contributed by atoms with Crippen molar-refractivity contribution in [1.29, 1.82) is 0 Å². The molecule has 8 heteroatoms. The molecule has 0 aliphatic heterocycles. The number of amides is 3. The van der Waals surface area contributed by atoms with Gasteiger partial charge in [-0.2, -0.15) is 0 Å². The van der Waals surface area contributed by atoms with E-state index in [1.807, 2.05) is 0 Å². The zero-order valence-corrected chi connectivity index (χ0v) is 23.3. The van der Waals surface area contributed by atoms with E-state index in [-0.39, 0.29) is 36.8 Å². The normalized spacial score (nSPS) is 17.5. The van der Waals surface area contributed by atoms with Crippen molar-refractivity contribution in [2.75, 3.05) is 13.1 Å². The average Bonchev–Trinajstić information content (AvgIpc) is 3.56. The molecular weight excluding hydrogens is 444 g/mol. The van der Waals surface area contributed by atoms with Crippen LogP contribution in [0.4, 0.5) is 0 Å². The van der Waals surface area contributed by atoms with Gasteiger partial charge in [0.05, 0.1) is 12.6 Å². The van der Waals surface area contributed by atoms with E-state index in [1.165, 1.54) is 32.1 Å². The zero-order valence-electron chi connectivity index (χ0n) is 23.3. The predicted octanol–water partition coefficient (Wildman–Crippen LogP) is 3.34. The van der Waals surface area contributed by atoms with Gasteiger partial charge in [0.15, 0.2) is 0 Å². The van der Waals surface area contributed by atoms with Crippen LogP contribution in [0.15, 0.2) is 0 Å². The standard InChI is InChI=1S/C21H40N2O2.C4H10.2CH3NO/c1-4-6-15(20(25)16-9-10-16)11-12-18(14-23-19(24)13-22)21(2,3)17-7-5-8-17;1-4(2)3;2*2-1-3/h15-18,20,25H,4-14,22H2,1-3H3,(H,23,24);4H,1-3H3;2*1H,(H2,2,3). The molecule has 0 heterocycles. The Bertz CT molecular complexity index is 541. The van der Waals surface area contributed by atoms with Gasteiger partial charge in [0.25, 0.3) is 0 Å². The summed E-state index contributed by atoms with van der Waals surface area (Å²) in [6.07, 6.45) is 11.2. The average molecular weight is 501 g/mol. The van der Waals surface area contributed by atoms with Crippen LogP contribution in [0.1, 0.15) is 99.3 Å². The van der Waals surface area contributed by atoms with E-state index in [0.717, 1.165) is 44.1 Å². The van der Waals surface area contributed by atoms with E-state index < -0.39 is 0 Å². The molecule has 0 radical (unpaired) electrons. The van der Waals surface area contributed by atoms with Crippen LogP contribution in [0.5, 0.6) is 0 Å². The summed E-state index contributed by atoms with van der Waals surface area (Å²) in [6.45, 7) is 14.3. The van der Waals surface area contributed by atoms with Gasteiger partial charge in [-0.15, -0.1) is 0 Å². The lowest BCUT2D eigenvalue weighted by atomic mass is 9.60. The van der Waals surface area contributed by atoms with E-state index in [9.17, 15) is 9.90 Å². The molecule has 2 rings (SSSR count). The number of nitrogens with one attached hydrogen (secondary N) is 1. The molecular formula is C27H56N4O4. The lowest BCUT2D eigenvalue weighted by Gasteiger charge is -2.46. The summed E-state index contributed by atoms with van der Waals surface area (Å²) in [5.41, 5.74) is 14.0. The van der Waals surface area contributed by atoms with E-state index in [4.69, 9.17) is 15.3 Å². The van der Waals surface area contributed by atoms with E-state index >= 15 is 0 Å². The molecule has 2 aliphatic rings. The maximum absolute atomic E-state index is 11.7. The highest BCUT2D eigenvalue weighted by atomic mass is 16.3. The molecule has 2 fully saturated rings. The molecule has 3 amide bonds. The first-order valence-corrected chi connectivity index (χ1v) is 13.4. The fraction of sp³-hybridized carbons (Fsp3) is 0.889. The Morgan fingerprint density at radius 2 is 1.51 bits per heavy atom. The molecule has 208 valence electrons. The number of nitrogens with two attached hydrogens (primary N) is 3. The second kappa shape index (κ2) is 20.5. The van der Waals surface area contributed by atoms with E-state index in [1.54, 1.807) is 0 Å². The topological polar surface area (TPSA) is 162 Å². The monoisotopic (exact) mass is 500 g/mol. The molecule has 0 saturated heterocycles. The van der Waals surface area contributed by atoms with Gasteiger partial charge in [-0.05, 0) is 80.0 Å². The number of aliphatic hydroxyl groups is 1. The Kier molecular flexibility index (Phi) is 20.8. The first-order valence-electron chi connectivity index (χ1n) is 13.4. The molecule has 35 heavy (non-hydrogen) atoms. The van der Waals surface area contributed by atoms with Crippen LogP contribution < -0.4 is 22.5 Å². The van der Waals surface area contributed by atoms with Gasteiger partial charge in [-0.3, -0.25) is 14.4 Å². The number of carbonyl (C=O) groups is 3. The number of carbonyl (C=O) groups excluding carboxylic acids is 3. The molecule has 3 atom stereocenters. The minimum atomic E-state index is -0.119. The van der Waals surface area contributed by atoms with Crippen LogP contribution in [-0.2, 0) is 14.4 Å². The SMILES string of the molecule is CC(C)C.CCCC(CCC(CNC(=O)CN)C(C)(C)C1CCC1)C(O)C1CC1.NC=O.NC=O. The molecule has 0 aromatic carbocycles. The van der Waals surface area contributed by atoms with Gasteiger partial charge in [0.2, 0.25) is 18.7 Å². The predicted molar refractivity (Wildman–Crippen MR) is 144 cm³/mol. The molecule has 3 unspecified atom stereocenters. The van der Waals surface area contributed by atoms with Crippen LogP contribution in [0.2, 0.25) is 0 Å². The highest BCUT2D eigenvalue weighted by Gasteiger charge is 2.41. The first-order chi connectivity index (χ1) is 16.5. The molecule has 0 aromatic rings. The van der Waals surface area contributed by atoms with Crippen molar-refractivity contribution in [3.05, 3.63) is 0 Å². The molecule has 2 aliphatic carbocycles. The zero-order chi connectivity index (χ0) is 27.4. The number of aliphatic hydroxyl groups excluding tert-OH is 1. The van der Waals surface area contributed by atoms with Crippen LogP contribution in [0.3, 0.4) is 0 Å². The second-order valence-electron chi connectivity index (χ2n) is 11.1. The second-order valence-corrected chi connectivity index (χ2v) is 11.1. The van der Waals surface area contributed by atoms with Gasteiger partial charge in [0, 0.05) is 6.54 Å². The highest BCUT2D eigenvalue weighted by Crippen LogP contribution is 2.48. The number of rotatable bonds is 12. The van der Waals surface area contributed by atoms with Crippen molar-refractivity contribution in [1.82, 2.24) is 5.32 Å². The molecule has 0 aromatic heterocycles. The van der Waals surface area contributed by atoms with E-state index in [2.05, 4.69) is 58.3 Å². The summed E-state index contributed by atoms with van der Waals surface area (Å²) in [4.78, 5) is 28.8. The first kappa shape index (κ1) is 35.5. The Balaban J connectivity index is 0. The van der Waals surface area contributed by atoms with Crippen molar-refractivity contribution in [2.45, 2.75) is 105 Å². The van der Waals surface area contributed by atoms with Gasteiger partial charge in [0.1, 0.15) is 0 Å². The lowest BCUT2D eigenvalue weighted by Crippen LogP contribution is -2.44. The van der Waals surface area contributed by atoms with Crippen LogP contribution in [0.25, 0.3) is 0 Å². The Morgan fingerprint density at radius 1 is 1.03 bits per heavy atom. The fourth-order valence-corrected chi connectivity index (χ4v) is 4.63. The minimum absolute atomic E-state index is 0.0578. The smallest absolute Gasteiger partial charge is 0.233 e. The van der Waals surface area contributed by atoms with Crippen LogP contribution in [-0.4, -0.2) is 43.0 Å². The van der Waals surface area contributed by atoms with E-state index in [0.29, 0.717) is 17.8 Å². The summed E-state index contributed by atoms with van der Waals surface area (Å²) in [5.74, 6) is 2.97. The van der Waals surface area contributed by atoms with Crippen molar-refractivity contribution < 1.29 is 19.5 Å². The van der Waals surface area contributed by atoms with Gasteiger partial charge >= 0.3 is 0 Å². The van der Waals surface area contributed by atoms with Crippen molar-refractivity contribution in [3.8, 4) is 0 Å². The van der Waals surface area contributed by atoms with Crippen LogP contribution >= 0.6 is 0 Å². The highest BCUT2D eigenvalue weighted by molar-refractivity contribution is 5.77. The van der Waals surface area contributed by atoms with Crippen LogP contribution in [0, 0.1) is 35.0 Å². The summed E-state index contributed by atoms with van der Waals surface area (Å²) in [5, 5.41) is 13.7. The number of hydrogen-bond donors (Lipinski definition) is 5. The van der Waals surface area contributed by atoms with Gasteiger partial charge in [-0.1, -0.05) is 54.4 Å². The van der Waals surface area contributed by atoms with Crippen molar-refractivity contribution in [3.63, 3.8) is 0 Å². The molecule has 8 nitrogen and oxygen atoms in total.